The molecule has 1 fully saturated rings. The molecule has 0 heterocycles. The number of anilines is 1. The molecule has 0 aromatic heterocycles. The van der Waals surface area contributed by atoms with E-state index in [1.54, 1.807) is 42.5 Å². The average molecular weight is 466 g/mol. The Hall–Kier alpha value is -3.31. The predicted molar refractivity (Wildman–Crippen MR) is 127 cm³/mol. The SMILES string of the molecule is CN(C(=O)CSc1ccccc1C(=O)OCC(=O)Nc1cccc(C#N)c1)C1CCCCC1. The van der Waals surface area contributed by atoms with E-state index in [1.165, 1.54) is 24.2 Å². The zero-order valence-corrected chi connectivity index (χ0v) is 19.4. The van der Waals surface area contributed by atoms with Gasteiger partial charge in [0.05, 0.1) is 22.9 Å². The fraction of sp³-hybridized carbons (Fsp3) is 0.360. The maximum Gasteiger partial charge on any atom is 0.339 e. The summed E-state index contributed by atoms with van der Waals surface area (Å²) < 4.78 is 5.18. The maximum atomic E-state index is 12.6. The van der Waals surface area contributed by atoms with E-state index in [9.17, 15) is 14.4 Å². The van der Waals surface area contributed by atoms with Gasteiger partial charge < -0.3 is 15.0 Å². The van der Waals surface area contributed by atoms with Crippen molar-refractivity contribution in [3.63, 3.8) is 0 Å². The molecule has 1 N–H and O–H groups in total. The summed E-state index contributed by atoms with van der Waals surface area (Å²) in [5.41, 5.74) is 1.18. The highest BCUT2D eigenvalue weighted by Crippen LogP contribution is 2.26. The Bertz CT molecular complexity index is 1040. The van der Waals surface area contributed by atoms with Crippen LogP contribution < -0.4 is 5.32 Å². The van der Waals surface area contributed by atoms with Gasteiger partial charge in [0.2, 0.25) is 5.91 Å². The largest absolute Gasteiger partial charge is 0.452 e. The molecule has 2 aromatic carbocycles. The van der Waals surface area contributed by atoms with Crippen LogP contribution in [0.15, 0.2) is 53.4 Å². The number of carbonyl (C=O) groups excluding carboxylic acids is 3. The quantitative estimate of drug-likeness (QED) is 0.462. The third kappa shape index (κ3) is 7.09. The van der Waals surface area contributed by atoms with Crippen molar-refractivity contribution in [2.45, 2.75) is 43.0 Å². The zero-order chi connectivity index (χ0) is 23.6. The zero-order valence-electron chi connectivity index (χ0n) is 18.6. The summed E-state index contributed by atoms with van der Waals surface area (Å²) in [5.74, 6) is -0.874. The van der Waals surface area contributed by atoms with Crippen LogP contribution in [0.5, 0.6) is 0 Å². The fourth-order valence-electron chi connectivity index (χ4n) is 3.75. The van der Waals surface area contributed by atoms with Crippen LogP contribution in [0.4, 0.5) is 5.69 Å². The third-order valence-electron chi connectivity index (χ3n) is 5.58. The van der Waals surface area contributed by atoms with Crippen molar-refractivity contribution in [3.05, 3.63) is 59.7 Å². The molecular formula is C25H27N3O4S. The summed E-state index contributed by atoms with van der Waals surface area (Å²) in [5, 5.41) is 11.5. The van der Waals surface area contributed by atoms with Crippen LogP contribution in [-0.2, 0) is 14.3 Å². The van der Waals surface area contributed by atoms with E-state index >= 15 is 0 Å². The molecule has 0 bridgehead atoms. The molecule has 172 valence electrons. The Morgan fingerprint density at radius 3 is 2.64 bits per heavy atom. The monoisotopic (exact) mass is 465 g/mol. The Morgan fingerprint density at radius 1 is 1.12 bits per heavy atom. The van der Waals surface area contributed by atoms with Gasteiger partial charge in [0.25, 0.3) is 5.91 Å². The van der Waals surface area contributed by atoms with Crippen LogP contribution in [0, 0.1) is 11.3 Å². The Morgan fingerprint density at radius 2 is 1.88 bits per heavy atom. The van der Waals surface area contributed by atoms with Gasteiger partial charge in [-0.1, -0.05) is 37.5 Å². The van der Waals surface area contributed by atoms with E-state index in [-0.39, 0.29) is 11.7 Å². The van der Waals surface area contributed by atoms with Gasteiger partial charge >= 0.3 is 5.97 Å². The van der Waals surface area contributed by atoms with Crippen molar-refractivity contribution in [2.75, 3.05) is 24.7 Å². The van der Waals surface area contributed by atoms with E-state index in [1.807, 2.05) is 18.0 Å². The number of nitrogens with zero attached hydrogens (tertiary/aromatic N) is 2. The fourth-order valence-corrected chi connectivity index (χ4v) is 4.71. The van der Waals surface area contributed by atoms with E-state index in [4.69, 9.17) is 10.00 Å². The lowest BCUT2D eigenvalue weighted by molar-refractivity contribution is -0.129. The molecule has 0 atom stereocenters. The van der Waals surface area contributed by atoms with Crippen LogP contribution in [0.2, 0.25) is 0 Å². The maximum absolute atomic E-state index is 12.6. The number of hydrogen-bond acceptors (Lipinski definition) is 6. The van der Waals surface area contributed by atoms with Crippen molar-refractivity contribution in [1.82, 2.24) is 4.90 Å². The van der Waals surface area contributed by atoms with Crippen LogP contribution in [-0.4, -0.2) is 48.1 Å². The van der Waals surface area contributed by atoms with Gasteiger partial charge in [0.1, 0.15) is 0 Å². The first-order chi connectivity index (χ1) is 16.0. The molecule has 1 aliphatic carbocycles. The summed E-state index contributed by atoms with van der Waals surface area (Å²) in [6, 6.07) is 15.6. The van der Waals surface area contributed by atoms with E-state index < -0.39 is 18.5 Å². The van der Waals surface area contributed by atoms with Crippen molar-refractivity contribution >= 4 is 35.2 Å². The molecular weight excluding hydrogens is 438 g/mol. The number of nitrogens with one attached hydrogen (secondary N) is 1. The topological polar surface area (TPSA) is 99.5 Å². The molecule has 0 spiro atoms. The highest BCUT2D eigenvalue weighted by atomic mass is 32.2. The summed E-state index contributed by atoms with van der Waals surface area (Å²) >= 11 is 1.29. The lowest BCUT2D eigenvalue weighted by Crippen LogP contribution is -2.39. The Balaban J connectivity index is 1.53. The Kier molecular flexibility index (Phi) is 8.90. The lowest BCUT2D eigenvalue weighted by Gasteiger charge is -2.31. The predicted octanol–water partition coefficient (Wildman–Crippen LogP) is 4.24. The third-order valence-corrected chi connectivity index (χ3v) is 6.64. The van der Waals surface area contributed by atoms with Gasteiger partial charge in [-0.3, -0.25) is 9.59 Å². The van der Waals surface area contributed by atoms with Gasteiger partial charge in [0.15, 0.2) is 6.61 Å². The summed E-state index contributed by atoms with van der Waals surface area (Å²) in [6.07, 6.45) is 5.62. The minimum atomic E-state index is -0.632. The van der Waals surface area contributed by atoms with E-state index in [2.05, 4.69) is 5.32 Å². The van der Waals surface area contributed by atoms with Crippen LogP contribution in [0.25, 0.3) is 0 Å². The molecule has 1 aliphatic rings. The van der Waals surface area contributed by atoms with Gasteiger partial charge in [-0.2, -0.15) is 5.26 Å². The second-order valence-electron chi connectivity index (χ2n) is 7.90. The number of nitriles is 1. The van der Waals surface area contributed by atoms with Crippen LogP contribution >= 0.6 is 11.8 Å². The molecule has 8 heteroatoms. The van der Waals surface area contributed by atoms with Crippen molar-refractivity contribution in [3.8, 4) is 6.07 Å². The number of ether oxygens (including phenoxy) is 1. The minimum Gasteiger partial charge on any atom is -0.452 e. The van der Waals surface area contributed by atoms with Gasteiger partial charge in [0, 0.05) is 23.7 Å². The molecule has 2 amide bonds. The molecule has 3 rings (SSSR count). The van der Waals surface area contributed by atoms with Crippen molar-refractivity contribution in [1.29, 1.82) is 5.26 Å². The molecule has 0 unspecified atom stereocenters. The van der Waals surface area contributed by atoms with Crippen molar-refractivity contribution in [2.24, 2.45) is 0 Å². The molecule has 1 saturated carbocycles. The number of thioether (sulfide) groups is 1. The average Bonchev–Trinajstić information content (AvgIpc) is 2.86. The van der Waals surface area contributed by atoms with Gasteiger partial charge in [-0.05, 0) is 43.2 Å². The molecule has 2 aromatic rings. The number of benzene rings is 2. The first-order valence-electron chi connectivity index (χ1n) is 10.9. The highest BCUT2D eigenvalue weighted by Gasteiger charge is 2.23. The normalized spacial score (nSPS) is 13.6. The van der Waals surface area contributed by atoms with Gasteiger partial charge in [-0.15, -0.1) is 11.8 Å². The summed E-state index contributed by atoms with van der Waals surface area (Å²) in [4.78, 5) is 39.9. The lowest BCUT2D eigenvalue weighted by atomic mass is 9.94. The number of esters is 1. The standard InChI is InChI=1S/C25H27N3O4S/c1-28(20-10-3-2-4-11-20)24(30)17-33-22-13-6-5-12-21(22)25(31)32-16-23(29)27-19-9-7-8-18(14-19)15-26/h5-9,12-14,20H,2-4,10-11,16-17H2,1H3,(H,27,29). The molecule has 0 radical (unpaired) electrons. The second kappa shape index (κ2) is 12.1. The first-order valence-corrected chi connectivity index (χ1v) is 11.9. The molecule has 0 saturated heterocycles. The smallest absolute Gasteiger partial charge is 0.339 e. The molecule has 33 heavy (non-hydrogen) atoms. The number of hydrogen-bond donors (Lipinski definition) is 1. The molecule has 0 aliphatic heterocycles. The van der Waals surface area contributed by atoms with E-state index in [0.717, 1.165) is 25.7 Å². The summed E-state index contributed by atoms with van der Waals surface area (Å²) in [7, 11) is 1.85. The Labute approximate surface area is 198 Å². The molecule has 7 nitrogen and oxygen atoms in total. The van der Waals surface area contributed by atoms with Crippen LogP contribution in [0.3, 0.4) is 0 Å². The number of rotatable bonds is 8. The number of amides is 2. The van der Waals surface area contributed by atoms with E-state index in [0.29, 0.717) is 27.8 Å². The number of carbonyl (C=O) groups is 3. The second-order valence-corrected chi connectivity index (χ2v) is 8.92. The van der Waals surface area contributed by atoms with Crippen LogP contribution in [0.1, 0.15) is 48.0 Å². The first kappa shape index (κ1) is 24.3. The summed E-state index contributed by atoms with van der Waals surface area (Å²) in [6.45, 7) is -0.460. The minimum absolute atomic E-state index is 0.0362. The highest BCUT2D eigenvalue weighted by molar-refractivity contribution is 8.00. The van der Waals surface area contributed by atoms with Gasteiger partial charge in [-0.25, -0.2) is 4.79 Å². The van der Waals surface area contributed by atoms with Crippen molar-refractivity contribution < 1.29 is 19.1 Å².